The average Bonchev–Trinajstić information content (AvgIpc) is 2.34. The van der Waals surface area contributed by atoms with E-state index in [9.17, 15) is 4.39 Å². The standard InChI is InChI=1S/C14H22FNO/c1-4-16-10-13(8-11(2)17-3)12-6-5-7-14(15)9-12/h5-7,9,11,13,16H,4,8,10H2,1-3H3. The summed E-state index contributed by atoms with van der Waals surface area (Å²) in [5, 5.41) is 3.32. The Morgan fingerprint density at radius 2 is 2.18 bits per heavy atom. The second kappa shape index (κ2) is 7.41. The summed E-state index contributed by atoms with van der Waals surface area (Å²) in [6.45, 7) is 5.89. The van der Waals surface area contributed by atoms with Crippen molar-refractivity contribution in [2.24, 2.45) is 0 Å². The Hall–Kier alpha value is -0.930. The first-order valence-electron chi connectivity index (χ1n) is 6.16. The first-order chi connectivity index (χ1) is 8.17. The van der Waals surface area contributed by atoms with Crippen molar-refractivity contribution in [2.45, 2.75) is 32.3 Å². The molecule has 0 aliphatic rings. The number of ether oxygens (including phenoxy) is 1. The second-order valence-electron chi connectivity index (χ2n) is 4.34. The van der Waals surface area contributed by atoms with Gasteiger partial charge in [-0.25, -0.2) is 4.39 Å². The lowest BCUT2D eigenvalue weighted by Gasteiger charge is -2.21. The summed E-state index contributed by atoms with van der Waals surface area (Å²) in [4.78, 5) is 0. The number of benzene rings is 1. The molecule has 1 aromatic rings. The van der Waals surface area contributed by atoms with Crippen LogP contribution in [0.5, 0.6) is 0 Å². The molecule has 1 rings (SSSR count). The highest BCUT2D eigenvalue weighted by Gasteiger charge is 2.15. The van der Waals surface area contributed by atoms with Crippen LogP contribution >= 0.6 is 0 Å². The van der Waals surface area contributed by atoms with E-state index in [2.05, 4.69) is 12.2 Å². The maximum Gasteiger partial charge on any atom is 0.123 e. The second-order valence-corrected chi connectivity index (χ2v) is 4.34. The van der Waals surface area contributed by atoms with Crippen molar-refractivity contribution in [3.8, 4) is 0 Å². The van der Waals surface area contributed by atoms with Gasteiger partial charge >= 0.3 is 0 Å². The summed E-state index contributed by atoms with van der Waals surface area (Å²) in [6, 6.07) is 6.84. The molecule has 17 heavy (non-hydrogen) atoms. The fraction of sp³-hybridized carbons (Fsp3) is 0.571. The molecule has 1 aromatic carbocycles. The Morgan fingerprint density at radius 3 is 2.76 bits per heavy atom. The highest BCUT2D eigenvalue weighted by atomic mass is 19.1. The summed E-state index contributed by atoms with van der Waals surface area (Å²) in [5.41, 5.74) is 1.04. The zero-order valence-corrected chi connectivity index (χ0v) is 10.9. The monoisotopic (exact) mass is 239 g/mol. The topological polar surface area (TPSA) is 21.3 Å². The van der Waals surface area contributed by atoms with Gasteiger partial charge in [0.25, 0.3) is 0 Å². The Bertz CT molecular complexity index is 330. The predicted molar refractivity (Wildman–Crippen MR) is 68.8 cm³/mol. The van der Waals surface area contributed by atoms with Crippen molar-refractivity contribution in [2.75, 3.05) is 20.2 Å². The lowest BCUT2D eigenvalue weighted by Crippen LogP contribution is -2.24. The van der Waals surface area contributed by atoms with Crippen molar-refractivity contribution in [3.63, 3.8) is 0 Å². The fourth-order valence-electron chi connectivity index (χ4n) is 1.91. The molecule has 2 nitrogen and oxygen atoms in total. The van der Waals surface area contributed by atoms with Gasteiger partial charge < -0.3 is 10.1 Å². The van der Waals surface area contributed by atoms with E-state index >= 15 is 0 Å². The highest BCUT2D eigenvalue weighted by Crippen LogP contribution is 2.22. The molecule has 96 valence electrons. The van der Waals surface area contributed by atoms with Crippen LogP contribution in [0.15, 0.2) is 24.3 Å². The van der Waals surface area contributed by atoms with Crippen LogP contribution in [0.4, 0.5) is 4.39 Å². The molecular formula is C14H22FNO. The van der Waals surface area contributed by atoms with Gasteiger partial charge in [0.15, 0.2) is 0 Å². The van der Waals surface area contributed by atoms with Crippen LogP contribution in [-0.2, 0) is 4.74 Å². The van der Waals surface area contributed by atoms with Crippen LogP contribution in [0, 0.1) is 5.82 Å². The van der Waals surface area contributed by atoms with Crippen molar-refractivity contribution in [3.05, 3.63) is 35.6 Å². The van der Waals surface area contributed by atoms with E-state index in [1.165, 1.54) is 6.07 Å². The molecule has 0 bridgehead atoms. The van der Waals surface area contributed by atoms with Gasteiger partial charge in [-0.2, -0.15) is 0 Å². The zero-order chi connectivity index (χ0) is 12.7. The Morgan fingerprint density at radius 1 is 1.41 bits per heavy atom. The first kappa shape index (κ1) is 14.1. The van der Waals surface area contributed by atoms with Crippen molar-refractivity contribution in [1.29, 1.82) is 0 Å². The molecule has 2 unspecified atom stereocenters. The number of halogens is 1. The van der Waals surface area contributed by atoms with E-state index < -0.39 is 0 Å². The zero-order valence-electron chi connectivity index (χ0n) is 10.9. The third-order valence-electron chi connectivity index (χ3n) is 2.98. The van der Waals surface area contributed by atoms with Gasteiger partial charge in [-0.1, -0.05) is 19.1 Å². The van der Waals surface area contributed by atoms with Crippen molar-refractivity contribution in [1.82, 2.24) is 5.32 Å². The number of hydrogen-bond donors (Lipinski definition) is 1. The third kappa shape index (κ3) is 4.84. The number of methoxy groups -OCH3 is 1. The summed E-state index contributed by atoms with van der Waals surface area (Å²) < 4.78 is 18.5. The molecule has 0 amide bonds. The van der Waals surface area contributed by atoms with E-state index in [1.807, 2.05) is 13.0 Å². The quantitative estimate of drug-likeness (QED) is 0.790. The summed E-state index contributed by atoms with van der Waals surface area (Å²) in [7, 11) is 1.71. The number of nitrogens with one attached hydrogen (secondary N) is 1. The van der Waals surface area contributed by atoms with Crippen LogP contribution in [0.3, 0.4) is 0 Å². The molecule has 0 aliphatic carbocycles. The van der Waals surface area contributed by atoms with E-state index in [0.29, 0.717) is 5.92 Å². The summed E-state index contributed by atoms with van der Waals surface area (Å²) in [6.07, 6.45) is 1.08. The molecule has 0 fully saturated rings. The highest BCUT2D eigenvalue weighted by molar-refractivity contribution is 5.21. The van der Waals surface area contributed by atoms with E-state index in [0.717, 1.165) is 25.1 Å². The van der Waals surface area contributed by atoms with Crippen LogP contribution in [0.25, 0.3) is 0 Å². The predicted octanol–water partition coefficient (Wildman–Crippen LogP) is 2.94. The first-order valence-corrected chi connectivity index (χ1v) is 6.16. The third-order valence-corrected chi connectivity index (χ3v) is 2.98. The van der Waals surface area contributed by atoms with Gasteiger partial charge in [0.05, 0.1) is 6.10 Å². The van der Waals surface area contributed by atoms with E-state index in [4.69, 9.17) is 4.74 Å². The van der Waals surface area contributed by atoms with Crippen LogP contribution in [-0.4, -0.2) is 26.3 Å². The SMILES string of the molecule is CCNCC(CC(C)OC)c1cccc(F)c1. The molecule has 1 N–H and O–H groups in total. The van der Waals surface area contributed by atoms with Gasteiger partial charge in [-0.3, -0.25) is 0 Å². The molecular weight excluding hydrogens is 217 g/mol. The molecule has 0 saturated carbocycles. The molecule has 0 aliphatic heterocycles. The molecule has 2 atom stereocenters. The Balaban J connectivity index is 2.74. The lowest BCUT2D eigenvalue weighted by atomic mass is 9.93. The smallest absolute Gasteiger partial charge is 0.123 e. The maximum absolute atomic E-state index is 13.2. The molecule has 0 saturated heterocycles. The molecule has 0 aromatic heterocycles. The van der Waals surface area contributed by atoms with Gasteiger partial charge in [0.2, 0.25) is 0 Å². The number of rotatable bonds is 7. The Kier molecular flexibility index (Phi) is 6.16. The van der Waals surface area contributed by atoms with Crippen LogP contribution < -0.4 is 5.32 Å². The van der Waals surface area contributed by atoms with Gasteiger partial charge in [-0.05, 0) is 43.5 Å². The molecule has 0 spiro atoms. The molecule has 3 heteroatoms. The van der Waals surface area contributed by atoms with E-state index in [1.54, 1.807) is 19.2 Å². The molecule has 0 heterocycles. The maximum atomic E-state index is 13.2. The fourth-order valence-corrected chi connectivity index (χ4v) is 1.91. The normalized spacial score (nSPS) is 14.6. The van der Waals surface area contributed by atoms with Gasteiger partial charge in [-0.15, -0.1) is 0 Å². The van der Waals surface area contributed by atoms with Crippen molar-refractivity contribution >= 4 is 0 Å². The van der Waals surface area contributed by atoms with Gasteiger partial charge in [0, 0.05) is 13.7 Å². The minimum Gasteiger partial charge on any atom is -0.382 e. The average molecular weight is 239 g/mol. The molecule has 0 radical (unpaired) electrons. The van der Waals surface area contributed by atoms with Gasteiger partial charge in [0.1, 0.15) is 5.82 Å². The number of hydrogen-bond acceptors (Lipinski definition) is 2. The summed E-state index contributed by atoms with van der Waals surface area (Å²) in [5.74, 6) is 0.120. The summed E-state index contributed by atoms with van der Waals surface area (Å²) >= 11 is 0. The lowest BCUT2D eigenvalue weighted by molar-refractivity contribution is 0.104. The van der Waals surface area contributed by atoms with Crippen LogP contribution in [0.2, 0.25) is 0 Å². The minimum absolute atomic E-state index is 0.172. The Labute approximate surface area is 103 Å². The number of likely N-dealkylation sites (N-methyl/N-ethyl adjacent to an activating group) is 1. The minimum atomic E-state index is -0.172. The van der Waals surface area contributed by atoms with Crippen LogP contribution in [0.1, 0.15) is 31.7 Å². The van der Waals surface area contributed by atoms with E-state index in [-0.39, 0.29) is 11.9 Å². The largest absolute Gasteiger partial charge is 0.382 e. The van der Waals surface area contributed by atoms with Crippen molar-refractivity contribution < 1.29 is 9.13 Å².